The molecule has 0 spiro atoms. The van der Waals surface area contributed by atoms with Crippen molar-refractivity contribution in [2.75, 3.05) is 21.3 Å². The summed E-state index contributed by atoms with van der Waals surface area (Å²) in [6.07, 6.45) is 24.3. The normalized spacial score (nSPS) is 25.8. The fourth-order valence-corrected chi connectivity index (χ4v) is 15.1. The Morgan fingerprint density at radius 3 is 0.904 bits per heavy atom. The number of pyridine rings is 4. The van der Waals surface area contributed by atoms with E-state index in [1.54, 1.807) is 18.1 Å². The maximum atomic E-state index is 13.4. The van der Waals surface area contributed by atoms with E-state index in [9.17, 15) is 61.2 Å². The number of aromatic nitrogens is 12. The van der Waals surface area contributed by atoms with Gasteiger partial charge in [0.05, 0.1) is 40.7 Å². The Kier molecular flexibility index (Phi) is 20.5. The number of hydrogen-bond acceptors (Lipinski definition) is 17. The predicted octanol–water partition coefficient (Wildman–Crippen LogP) is 10.6. The Balaban J connectivity index is 0.000000111. The van der Waals surface area contributed by atoms with Crippen LogP contribution >= 0.6 is 0 Å². The summed E-state index contributed by atoms with van der Waals surface area (Å²) < 4.78 is 59.9. The molecule has 7 unspecified atom stereocenters. The molecular weight excluding hydrogens is 1480 g/mol. The number of carbonyl (C=O) groups excluding carboxylic acids is 8. The first-order valence-electron chi connectivity index (χ1n) is 40.3. The highest BCUT2D eigenvalue weighted by atomic mass is 19.3. The van der Waals surface area contributed by atoms with Crippen molar-refractivity contribution in [3.8, 4) is 6.07 Å². The topological polar surface area (TPSA) is 377 Å². The van der Waals surface area contributed by atoms with Crippen LogP contribution in [0.5, 0.6) is 0 Å². The molecule has 8 heterocycles. The number of nitrogens with zero attached hydrogens (tertiary/aromatic N) is 13. The van der Waals surface area contributed by atoms with Gasteiger partial charge in [-0.2, -0.15) is 25.2 Å². The monoisotopic (exact) mass is 1570 g/mol. The van der Waals surface area contributed by atoms with E-state index in [0.29, 0.717) is 104 Å². The van der Waals surface area contributed by atoms with Gasteiger partial charge in [-0.3, -0.25) is 59.6 Å². The lowest BCUT2D eigenvalue weighted by Gasteiger charge is -2.24. The lowest BCUT2D eigenvalue weighted by Crippen LogP contribution is -2.41. The van der Waals surface area contributed by atoms with Crippen LogP contribution in [0.2, 0.25) is 0 Å². The summed E-state index contributed by atoms with van der Waals surface area (Å²) in [5.41, 5.74) is 8.51. The van der Waals surface area contributed by atoms with Gasteiger partial charge in [0.2, 0.25) is 71.1 Å². The van der Waals surface area contributed by atoms with Gasteiger partial charge in [-0.25, -0.2) is 35.6 Å². The molecule has 8 aromatic rings. The number of halogens is 4. The van der Waals surface area contributed by atoms with Gasteiger partial charge in [0, 0.05) is 54.3 Å². The molecule has 8 N–H and O–H groups in total. The van der Waals surface area contributed by atoms with Crippen LogP contribution in [-0.2, 0) is 38.4 Å². The Bertz CT molecular complexity index is 5260. The lowest BCUT2D eigenvalue weighted by molar-refractivity contribution is -0.130. The fourth-order valence-electron chi connectivity index (χ4n) is 15.1. The van der Waals surface area contributed by atoms with Crippen LogP contribution in [0.1, 0.15) is 190 Å². The first-order valence-corrected chi connectivity index (χ1v) is 40.3. The Morgan fingerprint density at radius 1 is 0.409 bits per heavy atom. The molecule has 0 radical (unpaired) electrons. The number of rotatable bonds is 20. The number of amides is 8. The number of hydrogen-bond donors (Lipinski definition) is 8. The van der Waals surface area contributed by atoms with E-state index < -0.39 is 46.8 Å². The van der Waals surface area contributed by atoms with Gasteiger partial charge in [-0.1, -0.05) is 48.6 Å². The van der Waals surface area contributed by atoms with Gasteiger partial charge in [-0.15, -0.1) is 20.4 Å². The van der Waals surface area contributed by atoms with Crippen molar-refractivity contribution < 1.29 is 55.9 Å². The van der Waals surface area contributed by atoms with Crippen LogP contribution in [0.3, 0.4) is 0 Å². The third-order valence-corrected chi connectivity index (χ3v) is 23.8. The third kappa shape index (κ3) is 17.1. The van der Waals surface area contributed by atoms with Crippen molar-refractivity contribution in [2.45, 2.75) is 210 Å². The molecule has 8 aromatic heterocycles. The van der Waals surface area contributed by atoms with Crippen LogP contribution in [0.4, 0.5) is 41.4 Å². The highest BCUT2D eigenvalue weighted by Gasteiger charge is 2.72. The zero-order valence-electron chi connectivity index (χ0n) is 63.4. The third-order valence-electron chi connectivity index (χ3n) is 23.8. The van der Waals surface area contributed by atoms with Crippen molar-refractivity contribution in [1.29, 1.82) is 5.26 Å². The van der Waals surface area contributed by atoms with Crippen molar-refractivity contribution in [1.82, 2.24) is 79.7 Å². The van der Waals surface area contributed by atoms with E-state index in [0.717, 1.165) is 141 Å². The molecule has 9 atom stereocenters. The number of alkyl halides is 4. The molecule has 0 aromatic carbocycles. The second-order valence-corrected chi connectivity index (χ2v) is 32.9. The number of allylic oxidation sites excluding steroid dienone is 4. The number of anilines is 4. The molecule has 0 saturated heterocycles. The summed E-state index contributed by atoms with van der Waals surface area (Å²) in [6.45, 7) is 1.32. The Labute approximate surface area is 657 Å². The predicted molar refractivity (Wildman–Crippen MR) is 413 cm³/mol. The van der Waals surface area contributed by atoms with E-state index >= 15 is 0 Å². The summed E-state index contributed by atoms with van der Waals surface area (Å²) in [6, 6.07) is 25.1. The molecule has 20 rings (SSSR count). The van der Waals surface area contributed by atoms with E-state index in [1.165, 1.54) is 6.92 Å². The number of carbonyl (C=O) groups is 8. The fraction of sp³-hybridized carbons (Fsp3) is 0.500. The summed E-state index contributed by atoms with van der Waals surface area (Å²) >= 11 is 0. The minimum atomic E-state index is -2.90. The van der Waals surface area contributed by atoms with E-state index in [2.05, 4.69) is 107 Å². The summed E-state index contributed by atoms with van der Waals surface area (Å²) in [5, 5.41) is 49.9. The summed E-state index contributed by atoms with van der Waals surface area (Å²) in [4.78, 5) is 114. The minimum absolute atomic E-state index is 0.0104. The Hall–Kier alpha value is -11.6. The van der Waals surface area contributed by atoms with Crippen molar-refractivity contribution in [3.63, 3.8) is 0 Å². The smallest absolute Gasteiger partial charge is 0.263 e. The van der Waals surface area contributed by atoms with Gasteiger partial charge in [-0.05, 0) is 232 Å². The molecule has 0 bridgehead atoms. The molecule has 8 saturated carbocycles. The largest absolute Gasteiger partial charge is 0.353 e. The van der Waals surface area contributed by atoms with E-state index in [-0.39, 0.29) is 95.6 Å². The van der Waals surface area contributed by atoms with Crippen molar-refractivity contribution >= 4 is 116 Å². The van der Waals surface area contributed by atoms with Crippen LogP contribution in [0.25, 0.3) is 44.9 Å². The molecule has 115 heavy (non-hydrogen) atoms. The maximum absolute atomic E-state index is 13.4. The first kappa shape index (κ1) is 76.1. The standard InChI is InChI=1S/C21H23F2N5O2.C21H22N6O2.2C20H22FN5O2/c1-20(11-21(20,22)23)18(30)24-14-9-7-12(8-10-14)15-3-2-4-16-25-19(27-28(15)16)26-17(29)13-5-6-13;22-12-21(10-11-21)19(29)23-15-8-6-13(7-9-15)16-2-1-3-17-24-20(26-27(16)17)25-18(28)14-4-5-14;2*21-15-10-14(15)19(28)22-13-8-6-11(7-9-13)16-2-1-3-17-23-20(25-26(16)17)24-18(27)12-4-5-12/h2-4,7,13-14H,5-6,8-11H2,1H3,(H,24,30)(H,26,27,29);1-3,6,14-15H,4-5,7-11H2,(H,23,29)(H,25,26,28);2*1-3,6,12-15H,4-5,7-10H2,(H,22,28)(H,24,25,27)/t;;2*13-,14?,15?/m..10/s1. The summed E-state index contributed by atoms with van der Waals surface area (Å²) in [5.74, 6) is -3.24. The van der Waals surface area contributed by atoms with Gasteiger partial charge in [0.25, 0.3) is 5.92 Å². The molecule has 0 aliphatic heterocycles. The molecule has 12 aliphatic rings. The highest BCUT2D eigenvalue weighted by molar-refractivity contribution is 5.95. The number of nitrogens with one attached hydrogen (secondary N) is 8. The molecule has 33 heteroatoms. The van der Waals surface area contributed by atoms with Crippen LogP contribution in [-0.4, -0.2) is 148 Å². The van der Waals surface area contributed by atoms with Crippen LogP contribution in [0, 0.1) is 57.7 Å². The van der Waals surface area contributed by atoms with Crippen LogP contribution < -0.4 is 42.5 Å². The second kappa shape index (κ2) is 31.0. The molecule has 12 aliphatic carbocycles. The Morgan fingerprint density at radius 2 is 0.678 bits per heavy atom. The molecule has 598 valence electrons. The van der Waals surface area contributed by atoms with E-state index in [4.69, 9.17) is 0 Å². The number of nitriles is 1. The zero-order valence-corrected chi connectivity index (χ0v) is 63.4. The molecule has 8 fully saturated rings. The SMILES string of the molecule is CC1(C(=O)NC2CC=C(c3cccc4nc(NC(=O)C5CC5)nn34)CC2)CC1(F)F.N#CC1(C(=O)NC2CC=C(c3cccc4nc(NC(=O)C5CC5)nn34)CC2)CC1.O=C(Nc1nc2cccc(C3=CC[C@@H](NC(=O)C4CC4F)CC3)n2n1)C1CC1.O=C(Nc1nc2cccc(C3=CC[C@H](NC(=O)C4CC4F)CC3)n2n1)C1CC1. The van der Waals surface area contributed by atoms with Gasteiger partial charge in [0.1, 0.15) is 23.2 Å². The van der Waals surface area contributed by atoms with Crippen LogP contribution in [0.15, 0.2) is 97.1 Å². The zero-order chi connectivity index (χ0) is 79.6. The highest BCUT2D eigenvalue weighted by Crippen LogP contribution is 2.60. The summed E-state index contributed by atoms with van der Waals surface area (Å²) in [7, 11) is 0. The maximum Gasteiger partial charge on any atom is 0.263 e. The average Bonchev–Trinajstić information content (AvgIpc) is 1.56. The van der Waals surface area contributed by atoms with E-state index in [1.807, 2.05) is 78.9 Å². The molecule has 8 amide bonds. The second-order valence-electron chi connectivity index (χ2n) is 32.9. The quantitative estimate of drug-likeness (QED) is 0.0329. The van der Waals surface area contributed by atoms with Gasteiger partial charge < -0.3 is 21.3 Å². The minimum Gasteiger partial charge on any atom is -0.353 e. The van der Waals surface area contributed by atoms with Gasteiger partial charge in [0.15, 0.2) is 22.6 Å². The average molecular weight is 1570 g/mol. The first-order chi connectivity index (χ1) is 55.5. The lowest BCUT2D eigenvalue weighted by atomic mass is 9.92. The molecule has 29 nitrogen and oxygen atoms in total. The van der Waals surface area contributed by atoms with Crippen molar-refractivity contribution in [2.24, 2.45) is 46.3 Å². The number of fused-ring (bicyclic) bond motifs is 4. The van der Waals surface area contributed by atoms with Gasteiger partial charge >= 0.3 is 0 Å². The van der Waals surface area contributed by atoms with Crippen molar-refractivity contribution in [3.05, 3.63) is 120 Å². The molecular formula is C82H89F4N21O8.